The van der Waals surface area contributed by atoms with Gasteiger partial charge in [0.25, 0.3) is 0 Å². The zero-order chi connectivity index (χ0) is 10.6. The van der Waals surface area contributed by atoms with E-state index < -0.39 is 0 Å². The quantitative estimate of drug-likeness (QED) is 0.369. The van der Waals surface area contributed by atoms with Crippen LogP contribution in [0.2, 0.25) is 0 Å². The Bertz CT molecular complexity index is 227. The van der Waals surface area contributed by atoms with Crippen LogP contribution in [0, 0.1) is 17.8 Å². The second-order valence-corrected chi connectivity index (χ2v) is 3.41. The predicted octanol–water partition coefficient (Wildman–Crippen LogP) is -5.04. The molecule has 17 heavy (non-hydrogen) atoms. The minimum absolute atomic E-state index is 0. The van der Waals surface area contributed by atoms with Gasteiger partial charge in [0.05, 0.1) is 12.5 Å². The van der Waals surface area contributed by atoms with Crippen molar-refractivity contribution in [3.63, 3.8) is 0 Å². The molecular weight excluding hydrogens is 366 g/mol. The largest absolute Gasteiger partial charge is 1.00 e. The van der Waals surface area contributed by atoms with Crippen molar-refractivity contribution in [2.24, 2.45) is 11.8 Å². The second-order valence-electron chi connectivity index (χ2n) is 3.41. The molecule has 6 heteroatoms. The molecular formula is C11H17Cl2InO3-2. The number of halogens is 2. The van der Waals surface area contributed by atoms with E-state index in [0.717, 1.165) is 12.3 Å². The van der Waals surface area contributed by atoms with E-state index in [1.54, 1.807) is 13.0 Å². The minimum Gasteiger partial charge on any atom is -1.00 e. The molecule has 0 aromatic rings. The first-order chi connectivity index (χ1) is 6.76. The first-order valence-corrected chi connectivity index (χ1v) is 5.00. The molecule has 0 amide bonds. The molecule has 1 aliphatic rings. The van der Waals surface area contributed by atoms with E-state index in [2.05, 4.69) is 6.58 Å². The van der Waals surface area contributed by atoms with Crippen LogP contribution in [-0.2, 0) is 9.53 Å². The number of hydrogen-bond donors (Lipinski definition) is 1. The SMILES string of the molecule is C=CC[C@@H]1[C](CCO)[C@@H]1C(=O)OCC.[Cl-].[Cl-].[In]. The number of aliphatic hydroxyl groups excluding tert-OH is 1. The summed E-state index contributed by atoms with van der Waals surface area (Å²) in [6, 6.07) is 0. The molecule has 0 aromatic carbocycles. The summed E-state index contributed by atoms with van der Waals surface area (Å²) < 4.78 is 4.94. The molecule has 4 radical (unpaired) electrons. The first-order valence-electron chi connectivity index (χ1n) is 5.00. The number of carbonyl (C=O) groups is 1. The number of allylic oxidation sites excluding steroid dienone is 1. The molecule has 0 bridgehead atoms. The zero-order valence-corrected chi connectivity index (χ0v) is 14.7. The summed E-state index contributed by atoms with van der Waals surface area (Å²) in [6.45, 7) is 5.98. The van der Waals surface area contributed by atoms with Gasteiger partial charge < -0.3 is 34.7 Å². The van der Waals surface area contributed by atoms with Gasteiger partial charge in [0.2, 0.25) is 0 Å². The van der Waals surface area contributed by atoms with Crippen LogP contribution < -0.4 is 24.8 Å². The Labute approximate surface area is 134 Å². The fourth-order valence-electron chi connectivity index (χ4n) is 1.86. The molecule has 0 spiro atoms. The molecule has 1 rings (SSSR count). The molecule has 0 aromatic heterocycles. The van der Waals surface area contributed by atoms with Gasteiger partial charge in [-0.05, 0) is 31.6 Å². The van der Waals surface area contributed by atoms with E-state index in [1.807, 2.05) is 0 Å². The van der Waals surface area contributed by atoms with Gasteiger partial charge in [-0.15, -0.1) is 6.58 Å². The van der Waals surface area contributed by atoms with Crippen molar-refractivity contribution in [3.05, 3.63) is 18.6 Å². The third-order valence-corrected chi connectivity index (χ3v) is 2.53. The van der Waals surface area contributed by atoms with E-state index in [9.17, 15) is 4.79 Å². The molecule has 0 aliphatic heterocycles. The Balaban J connectivity index is -0.000000653. The topological polar surface area (TPSA) is 46.5 Å². The minimum atomic E-state index is -0.150. The van der Waals surface area contributed by atoms with E-state index in [4.69, 9.17) is 9.84 Å². The smallest absolute Gasteiger partial charge is 0.309 e. The van der Waals surface area contributed by atoms with Crippen LogP contribution in [0.5, 0.6) is 0 Å². The Morgan fingerprint density at radius 2 is 2.12 bits per heavy atom. The monoisotopic (exact) mass is 382 g/mol. The van der Waals surface area contributed by atoms with Gasteiger partial charge in [0.1, 0.15) is 0 Å². The van der Waals surface area contributed by atoms with E-state index in [0.29, 0.717) is 13.0 Å². The number of ether oxygens (including phenoxy) is 1. The maximum Gasteiger partial charge on any atom is 0.309 e. The third kappa shape index (κ3) is 6.37. The molecule has 98 valence electrons. The summed E-state index contributed by atoms with van der Waals surface area (Å²) in [5, 5.41) is 8.79. The fraction of sp³-hybridized carbons (Fsp3) is 0.636. The van der Waals surface area contributed by atoms with E-state index >= 15 is 0 Å². The molecule has 1 saturated carbocycles. The fourth-order valence-corrected chi connectivity index (χ4v) is 1.86. The van der Waals surface area contributed by atoms with Crippen LogP contribution in [-0.4, -0.2) is 50.1 Å². The molecule has 3 nitrogen and oxygen atoms in total. The summed E-state index contributed by atoms with van der Waals surface area (Å²) in [7, 11) is 0. The summed E-state index contributed by atoms with van der Waals surface area (Å²) in [5.41, 5.74) is 0. The van der Waals surface area contributed by atoms with E-state index in [-0.39, 0.29) is 75.1 Å². The Morgan fingerprint density at radius 1 is 1.53 bits per heavy atom. The molecule has 1 N–H and O–H groups in total. The Hall–Kier alpha value is 0.620. The molecule has 1 aliphatic carbocycles. The van der Waals surface area contributed by atoms with Crippen LogP contribution in [0.4, 0.5) is 0 Å². The van der Waals surface area contributed by atoms with Crippen molar-refractivity contribution in [1.82, 2.24) is 0 Å². The maximum atomic E-state index is 11.4. The number of carbonyl (C=O) groups excluding carboxylic acids is 1. The number of hydrogen-bond acceptors (Lipinski definition) is 3. The van der Waals surface area contributed by atoms with Crippen molar-refractivity contribution in [2.75, 3.05) is 13.2 Å². The summed E-state index contributed by atoms with van der Waals surface area (Å²) >= 11 is 0. The van der Waals surface area contributed by atoms with Gasteiger partial charge >= 0.3 is 5.97 Å². The Kier molecular flexibility index (Phi) is 15.7. The third-order valence-electron chi connectivity index (χ3n) is 2.53. The van der Waals surface area contributed by atoms with E-state index in [1.165, 1.54) is 0 Å². The van der Waals surface area contributed by atoms with Crippen LogP contribution in [0.15, 0.2) is 12.7 Å². The molecule has 2 atom stereocenters. The summed E-state index contributed by atoms with van der Waals surface area (Å²) in [5.74, 6) is 1.15. The molecule has 0 unspecified atom stereocenters. The van der Waals surface area contributed by atoms with Crippen LogP contribution in [0.25, 0.3) is 0 Å². The van der Waals surface area contributed by atoms with Gasteiger partial charge in [-0.3, -0.25) is 4.79 Å². The van der Waals surface area contributed by atoms with Crippen LogP contribution in [0.1, 0.15) is 19.8 Å². The Morgan fingerprint density at radius 3 is 2.53 bits per heavy atom. The summed E-state index contributed by atoms with van der Waals surface area (Å²) in [4.78, 5) is 11.4. The van der Waals surface area contributed by atoms with Crippen molar-refractivity contribution < 1.29 is 39.5 Å². The number of rotatable bonds is 6. The molecule has 0 saturated heterocycles. The van der Waals surface area contributed by atoms with Crippen LogP contribution in [0.3, 0.4) is 0 Å². The average molecular weight is 383 g/mol. The van der Waals surface area contributed by atoms with Crippen molar-refractivity contribution >= 4 is 31.8 Å². The van der Waals surface area contributed by atoms with Gasteiger partial charge in [-0.1, -0.05) is 6.08 Å². The van der Waals surface area contributed by atoms with Crippen molar-refractivity contribution in [1.29, 1.82) is 0 Å². The number of esters is 1. The van der Waals surface area contributed by atoms with Gasteiger partial charge in [-0.2, -0.15) is 0 Å². The zero-order valence-electron chi connectivity index (χ0n) is 9.86. The standard InChI is InChI=1S/C11H17O3.2ClH.In/c1-3-5-8-9(6-7-12)10(8)11(13)14-4-2;;;/h3,8,10,12H,1,4-7H2,2H3;2*1H;/p-2/t8-,10-;;;/m1.../s1. The summed E-state index contributed by atoms with van der Waals surface area (Å²) in [6.07, 6.45) is 3.22. The molecule has 0 heterocycles. The average Bonchev–Trinajstić information content (AvgIpc) is 2.81. The first kappa shape index (κ1) is 22.8. The number of aliphatic hydroxyl groups is 1. The van der Waals surface area contributed by atoms with Crippen LogP contribution >= 0.6 is 0 Å². The second kappa shape index (κ2) is 11.7. The maximum absolute atomic E-state index is 11.4. The van der Waals surface area contributed by atoms with Crippen molar-refractivity contribution in [3.8, 4) is 0 Å². The normalized spacial score (nSPS) is 21.3. The predicted molar refractivity (Wildman–Crippen MR) is 59.1 cm³/mol. The van der Waals surface area contributed by atoms with Gasteiger partial charge in [0.15, 0.2) is 0 Å². The van der Waals surface area contributed by atoms with Crippen molar-refractivity contribution in [2.45, 2.75) is 19.8 Å². The molecule has 1 fully saturated rings. The van der Waals surface area contributed by atoms with Gasteiger partial charge in [0, 0.05) is 32.5 Å². The van der Waals surface area contributed by atoms with Gasteiger partial charge in [-0.25, -0.2) is 0 Å².